The number of hydrogen-bond donors (Lipinski definition) is 0. The van der Waals surface area contributed by atoms with E-state index in [0.717, 1.165) is 10.9 Å². The quantitative estimate of drug-likeness (QED) is 0.477. The van der Waals surface area contributed by atoms with Crippen LogP contribution in [0.3, 0.4) is 0 Å². The molecule has 0 saturated carbocycles. The fourth-order valence-corrected chi connectivity index (χ4v) is 1.27. The second-order valence-electron chi connectivity index (χ2n) is 4.57. The molecule has 0 fully saturated rings. The molecule has 0 aromatic carbocycles. The third-order valence-corrected chi connectivity index (χ3v) is 2.20. The minimum absolute atomic E-state index is 1.02. The Morgan fingerprint density at radius 3 is 2.46 bits per heavy atom. The van der Waals surface area contributed by atoms with Crippen LogP contribution in [0.4, 0.5) is 0 Å². The maximum Gasteiger partial charge on any atom is 0.186 e. The molecule has 13 heavy (non-hydrogen) atoms. The smallest absolute Gasteiger partial charge is 0.186 e. The monoisotopic (exact) mass is 180 g/mol. The van der Waals surface area contributed by atoms with Crippen LogP contribution in [-0.4, -0.2) is 32.2 Å². The Kier molecular flexibility index (Phi) is 3.04. The largest absolute Gasteiger partial charge is 0.330 e. The van der Waals surface area contributed by atoms with Crippen LogP contribution in [0.5, 0.6) is 0 Å². The van der Waals surface area contributed by atoms with E-state index in [1.807, 2.05) is 0 Å². The highest BCUT2D eigenvalue weighted by Gasteiger charge is 2.11. The molecule has 1 rings (SSSR count). The molecule has 72 valence electrons. The number of likely N-dealkylation sites (N-methyl/N-ethyl adjacent to an activating group) is 1. The molecule has 1 aromatic heterocycles. The molecule has 0 bridgehead atoms. The molecule has 0 aliphatic rings. The number of rotatable bonds is 3. The summed E-state index contributed by atoms with van der Waals surface area (Å²) >= 11 is 0. The van der Waals surface area contributed by atoms with Gasteiger partial charge in [0, 0.05) is 12.1 Å². The van der Waals surface area contributed by atoms with Crippen molar-refractivity contribution in [3.8, 4) is 0 Å². The molecule has 0 radical (unpaired) electrons. The number of aryl methyl sites for hydroxylation is 1. The third-order valence-electron chi connectivity index (χ3n) is 2.20. The van der Waals surface area contributed by atoms with Gasteiger partial charge >= 0.3 is 0 Å². The van der Waals surface area contributed by atoms with Crippen LogP contribution < -0.4 is 4.57 Å². The number of nitrogens with zero attached hydrogens (tertiary/aromatic N) is 2. The van der Waals surface area contributed by atoms with Crippen molar-refractivity contribution in [3.05, 3.63) is 30.1 Å². The zero-order chi connectivity index (χ0) is 9.90. The van der Waals surface area contributed by atoms with Crippen molar-refractivity contribution < 1.29 is 9.05 Å². The first-order chi connectivity index (χ1) is 5.99. The minimum atomic E-state index is 1.02. The topological polar surface area (TPSA) is 3.88 Å². The van der Waals surface area contributed by atoms with Gasteiger partial charge in [-0.1, -0.05) is 6.07 Å². The van der Waals surface area contributed by atoms with Crippen molar-refractivity contribution in [2.24, 2.45) is 7.05 Å². The first kappa shape index (κ1) is 10.2. The summed E-state index contributed by atoms with van der Waals surface area (Å²) < 4.78 is 3.21. The van der Waals surface area contributed by atoms with Gasteiger partial charge in [-0.25, -0.2) is 4.57 Å². The van der Waals surface area contributed by atoms with E-state index >= 15 is 0 Å². The Morgan fingerprint density at radius 2 is 1.92 bits per heavy atom. The molecule has 1 aromatic rings. The second kappa shape index (κ2) is 3.88. The van der Waals surface area contributed by atoms with Gasteiger partial charge in [0.2, 0.25) is 0 Å². The normalized spacial score (nSPS) is 11.7. The molecule has 0 spiro atoms. The summed E-state index contributed by atoms with van der Waals surface area (Å²) in [6.45, 7) is 1.18. The number of aromatic nitrogens is 1. The van der Waals surface area contributed by atoms with E-state index in [-0.39, 0.29) is 0 Å². The zero-order valence-electron chi connectivity index (χ0n) is 9.12. The van der Waals surface area contributed by atoms with Crippen LogP contribution in [-0.2, 0) is 13.5 Å². The molecule has 2 nitrogen and oxygen atoms in total. The molecule has 0 aliphatic heterocycles. The fourth-order valence-electron chi connectivity index (χ4n) is 1.27. The van der Waals surface area contributed by atoms with Crippen molar-refractivity contribution in [2.75, 3.05) is 27.7 Å². The van der Waals surface area contributed by atoms with Gasteiger partial charge in [0.15, 0.2) is 11.9 Å². The van der Waals surface area contributed by atoms with Gasteiger partial charge in [-0.3, -0.25) is 0 Å². The lowest BCUT2D eigenvalue weighted by Gasteiger charge is -2.22. The molecule has 0 aliphatic carbocycles. The van der Waals surface area contributed by atoms with Crippen molar-refractivity contribution in [1.29, 1.82) is 0 Å². The van der Waals surface area contributed by atoms with E-state index in [1.54, 1.807) is 0 Å². The molecule has 0 saturated heterocycles. The van der Waals surface area contributed by atoms with Gasteiger partial charge in [0.25, 0.3) is 0 Å². The first-order valence-corrected chi connectivity index (χ1v) is 4.73. The van der Waals surface area contributed by atoms with Crippen LogP contribution in [0.2, 0.25) is 0 Å². The van der Waals surface area contributed by atoms with Crippen LogP contribution >= 0.6 is 0 Å². The molecule has 2 heteroatoms. The Balaban J connectivity index is 2.60. The van der Waals surface area contributed by atoms with Crippen molar-refractivity contribution >= 4 is 0 Å². The number of quaternary nitrogens is 1. The van der Waals surface area contributed by atoms with Gasteiger partial charge < -0.3 is 4.48 Å². The van der Waals surface area contributed by atoms with E-state index in [9.17, 15) is 0 Å². The molecule has 0 unspecified atom stereocenters. The maximum absolute atomic E-state index is 2.23. The highest BCUT2D eigenvalue weighted by atomic mass is 15.3. The van der Waals surface area contributed by atoms with Crippen molar-refractivity contribution in [2.45, 2.75) is 6.42 Å². The van der Waals surface area contributed by atoms with Crippen LogP contribution in [0.15, 0.2) is 24.4 Å². The second-order valence-corrected chi connectivity index (χ2v) is 4.57. The Hall–Kier alpha value is -0.890. The summed E-state index contributed by atoms with van der Waals surface area (Å²) in [7, 11) is 8.78. The number of pyridine rings is 1. The summed E-state index contributed by atoms with van der Waals surface area (Å²) in [5, 5.41) is 0. The highest BCUT2D eigenvalue weighted by Crippen LogP contribution is 1.97. The SMILES string of the molecule is C[n+]1ccccc1CC[N+](C)(C)C. The summed E-state index contributed by atoms with van der Waals surface area (Å²) in [6.07, 6.45) is 3.24. The lowest BCUT2D eigenvalue weighted by atomic mass is 10.2. The van der Waals surface area contributed by atoms with Crippen molar-refractivity contribution in [3.63, 3.8) is 0 Å². The van der Waals surface area contributed by atoms with Gasteiger partial charge in [-0.05, 0) is 0 Å². The first-order valence-electron chi connectivity index (χ1n) is 4.73. The number of hydrogen-bond acceptors (Lipinski definition) is 0. The molecule has 1 heterocycles. The Morgan fingerprint density at radius 1 is 1.23 bits per heavy atom. The van der Waals surface area contributed by atoms with Gasteiger partial charge in [0.1, 0.15) is 7.05 Å². The summed E-state index contributed by atoms with van der Waals surface area (Å²) in [4.78, 5) is 0. The summed E-state index contributed by atoms with van der Waals surface area (Å²) in [6, 6.07) is 6.36. The highest BCUT2D eigenvalue weighted by molar-refractivity contribution is 4.97. The van der Waals surface area contributed by atoms with E-state index in [4.69, 9.17) is 0 Å². The summed E-state index contributed by atoms with van der Waals surface area (Å²) in [5.41, 5.74) is 1.40. The van der Waals surface area contributed by atoms with Crippen LogP contribution in [0.25, 0.3) is 0 Å². The average Bonchev–Trinajstić information content (AvgIpc) is 2.01. The zero-order valence-corrected chi connectivity index (χ0v) is 9.12. The minimum Gasteiger partial charge on any atom is -0.330 e. The van der Waals surface area contributed by atoms with E-state index in [0.29, 0.717) is 0 Å². The van der Waals surface area contributed by atoms with Gasteiger partial charge in [-0.15, -0.1) is 0 Å². The predicted octanol–water partition coefficient (Wildman–Crippen LogP) is 0.760. The van der Waals surface area contributed by atoms with Crippen molar-refractivity contribution in [1.82, 2.24) is 0 Å². The van der Waals surface area contributed by atoms with E-state index in [2.05, 4.69) is 57.2 Å². The molecular weight excluding hydrogens is 160 g/mol. The molecular formula is C11H20N2+2. The van der Waals surface area contributed by atoms with E-state index in [1.165, 1.54) is 12.2 Å². The molecule has 0 amide bonds. The maximum atomic E-state index is 2.23. The van der Waals surface area contributed by atoms with Gasteiger partial charge in [0.05, 0.1) is 34.1 Å². The van der Waals surface area contributed by atoms with Crippen LogP contribution in [0.1, 0.15) is 5.69 Å². The van der Waals surface area contributed by atoms with Gasteiger partial charge in [-0.2, -0.15) is 0 Å². The van der Waals surface area contributed by atoms with E-state index < -0.39 is 0 Å². The average molecular weight is 180 g/mol. The molecule has 0 N–H and O–H groups in total. The molecule has 0 atom stereocenters. The lowest BCUT2D eigenvalue weighted by Crippen LogP contribution is -2.40. The third kappa shape index (κ3) is 3.55. The predicted molar refractivity (Wildman–Crippen MR) is 54.2 cm³/mol. The summed E-state index contributed by atoms with van der Waals surface area (Å²) in [5.74, 6) is 0. The Labute approximate surface area is 81.0 Å². The lowest BCUT2D eigenvalue weighted by molar-refractivity contribution is -0.871. The fraction of sp³-hybridized carbons (Fsp3) is 0.545. The van der Waals surface area contributed by atoms with Crippen LogP contribution in [0, 0.1) is 0 Å². The Bertz CT molecular complexity index is 274. The standard InChI is InChI=1S/C11H20N2/c1-12-9-6-5-7-11(12)8-10-13(2,3)4/h5-7,9H,8,10H2,1-4H3/q+2.